The molecule has 0 amide bonds. The molecule has 0 aromatic heterocycles. The molecule has 6 heteroatoms. The minimum absolute atomic E-state index is 0.358. The maximum Gasteiger partial charge on any atom is 0.154 e. The summed E-state index contributed by atoms with van der Waals surface area (Å²) in [4.78, 5) is 0.847. The van der Waals surface area contributed by atoms with Gasteiger partial charge >= 0.3 is 0 Å². The Labute approximate surface area is 119 Å². The van der Waals surface area contributed by atoms with Crippen molar-refractivity contribution in [3.05, 3.63) is 23.8 Å². The molecule has 0 bridgehead atoms. The topological polar surface area (TPSA) is 88.5 Å². The number of benzene rings is 1. The molecule has 0 radical (unpaired) electrons. The Morgan fingerprint density at radius 3 is 2.68 bits per heavy atom. The van der Waals surface area contributed by atoms with Gasteiger partial charge in [0.1, 0.15) is 0 Å². The molecule has 0 aliphatic heterocycles. The molecule has 104 valence electrons. The second-order valence-electron chi connectivity index (χ2n) is 4.84. The number of amidine groups is 1. The van der Waals surface area contributed by atoms with Crippen molar-refractivity contribution < 1.29 is 0 Å². The summed E-state index contributed by atoms with van der Waals surface area (Å²) >= 11 is 4.34. The van der Waals surface area contributed by atoms with Crippen LogP contribution in [0.2, 0.25) is 0 Å². The van der Waals surface area contributed by atoms with Crippen LogP contribution < -0.4 is 22.4 Å². The highest BCUT2D eigenvalue weighted by Crippen LogP contribution is 2.25. The highest BCUT2D eigenvalue weighted by molar-refractivity contribution is 7.80. The minimum Gasteiger partial charge on any atom is -0.382 e. The summed E-state index contributed by atoms with van der Waals surface area (Å²) in [5, 5.41) is 7.39. The Morgan fingerprint density at radius 1 is 1.26 bits per heavy atom. The quantitative estimate of drug-likeness (QED) is 0.191. The van der Waals surface area contributed by atoms with Crippen molar-refractivity contribution in [1.82, 2.24) is 5.53 Å². The van der Waals surface area contributed by atoms with Crippen LogP contribution >= 0.6 is 12.6 Å². The van der Waals surface area contributed by atoms with Crippen molar-refractivity contribution in [2.24, 2.45) is 16.7 Å². The molecule has 1 aliphatic carbocycles. The van der Waals surface area contributed by atoms with Gasteiger partial charge in [0.05, 0.1) is 0 Å². The van der Waals surface area contributed by atoms with E-state index in [1.807, 2.05) is 18.2 Å². The number of rotatable bonds is 4. The lowest BCUT2D eigenvalue weighted by molar-refractivity contribution is 0.462. The molecule has 1 aromatic rings. The SMILES string of the molecule is NN/N=C(\N)c1cc(S)ccc1NC1CCCCC1. The lowest BCUT2D eigenvalue weighted by Gasteiger charge is -2.25. The molecule has 2 rings (SSSR count). The number of hydrazine groups is 1. The molecule has 19 heavy (non-hydrogen) atoms. The number of nitrogens with two attached hydrogens (primary N) is 2. The third-order valence-electron chi connectivity index (χ3n) is 3.43. The summed E-state index contributed by atoms with van der Waals surface area (Å²) in [7, 11) is 0. The van der Waals surface area contributed by atoms with Crippen LogP contribution in [-0.2, 0) is 0 Å². The smallest absolute Gasteiger partial charge is 0.154 e. The van der Waals surface area contributed by atoms with Crippen LogP contribution in [0.4, 0.5) is 5.69 Å². The number of thiol groups is 1. The molecular formula is C13H21N5S. The summed E-state index contributed by atoms with van der Waals surface area (Å²) in [6.07, 6.45) is 6.31. The van der Waals surface area contributed by atoms with Crippen LogP contribution in [0.15, 0.2) is 28.2 Å². The fourth-order valence-electron chi connectivity index (χ4n) is 2.47. The number of hydrogen-bond acceptors (Lipinski definition) is 5. The zero-order chi connectivity index (χ0) is 13.7. The van der Waals surface area contributed by atoms with E-state index in [9.17, 15) is 0 Å². The monoisotopic (exact) mass is 279 g/mol. The van der Waals surface area contributed by atoms with E-state index in [-0.39, 0.29) is 0 Å². The van der Waals surface area contributed by atoms with Gasteiger partial charge in [0.25, 0.3) is 0 Å². The Hall–Kier alpha value is -1.40. The highest BCUT2D eigenvalue weighted by atomic mass is 32.1. The second kappa shape index (κ2) is 6.68. The molecular weight excluding hydrogens is 258 g/mol. The highest BCUT2D eigenvalue weighted by Gasteiger charge is 2.15. The Kier molecular flexibility index (Phi) is 4.93. The van der Waals surface area contributed by atoms with Crippen LogP contribution in [0.25, 0.3) is 0 Å². The molecule has 6 N–H and O–H groups in total. The summed E-state index contributed by atoms with van der Waals surface area (Å²) in [6, 6.07) is 6.34. The van der Waals surface area contributed by atoms with Gasteiger partial charge in [-0.15, -0.1) is 17.7 Å². The predicted octanol–water partition coefficient (Wildman–Crippen LogP) is 1.80. The number of hydrazone groups is 1. The number of nitrogens with zero attached hydrogens (tertiary/aromatic N) is 1. The van der Waals surface area contributed by atoms with Crippen LogP contribution in [0.1, 0.15) is 37.7 Å². The molecule has 1 fully saturated rings. The summed E-state index contributed by atoms with van der Waals surface area (Å²) < 4.78 is 0. The van der Waals surface area contributed by atoms with Crippen molar-refractivity contribution in [2.45, 2.75) is 43.0 Å². The van der Waals surface area contributed by atoms with Gasteiger partial charge in [-0.05, 0) is 31.0 Å². The zero-order valence-corrected chi connectivity index (χ0v) is 11.8. The van der Waals surface area contributed by atoms with E-state index in [4.69, 9.17) is 11.6 Å². The first-order valence-corrected chi connectivity index (χ1v) is 7.04. The van der Waals surface area contributed by atoms with Crippen molar-refractivity contribution >= 4 is 24.2 Å². The van der Waals surface area contributed by atoms with E-state index >= 15 is 0 Å². The van der Waals surface area contributed by atoms with Gasteiger partial charge in [-0.2, -0.15) is 0 Å². The van der Waals surface area contributed by atoms with E-state index in [0.29, 0.717) is 11.9 Å². The molecule has 0 saturated heterocycles. The molecule has 0 heterocycles. The summed E-state index contributed by atoms with van der Waals surface area (Å²) in [6.45, 7) is 0. The normalized spacial score (nSPS) is 17.3. The van der Waals surface area contributed by atoms with Gasteiger partial charge in [0.2, 0.25) is 0 Å². The van der Waals surface area contributed by atoms with Crippen molar-refractivity contribution in [3.63, 3.8) is 0 Å². The van der Waals surface area contributed by atoms with E-state index < -0.39 is 0 Å². The lowest BCUT2D eigenvalue weighted by Crippen LogP contribution is -2.27. The Morgan fingerprint density at radius 2 is 2.00 bits per heavy atom. The fraction of sp³-hybridized carbons (Fsp3) is 0.462. The zero-order valence-electron chi connectivity index (χ0n) is 10.9. The van der Waals surface area contributed by atoms with Gasteiger partial charge in [-0.1, -0.05) is 19.3 Å². The maximum absolute atomic E-state index is 5.91. The van der Waals surface area contributed by atoms with E-state index in [1.54, 1.807) is 0 Å². The first-order chi connectivity index (χ1) is 9.20. The average Bonchev–Trinajstić information content (AvgIpc) is 2.42. The molecule has 0 atom stereocenters. The summed E-state index contributed by atoms with van der Waals surface area (Å²) in [5.74, 6) is 5.54. The lowest BCUT2D eigenvalue weighted by atomic mass is 9.95. The Balaban J connectivity index is 2.21. The van der Waals surface area contributed by atoms with Crippen molar-refractivity contribution in [2.75, 3.05) is 5.32 Å². The molecule has 5 nitrogen and oxygen atoms in total. The predicted molar refractivity (Wildman–Crippen MR) is 82.2 cm³/mol. The number of hydrogen-bond donors (Lipinski definition) is 5. The molecule has 1 aliphatic rings. The van der Waals surface area contributed by atoms with Gasteiger partial charge in [-0.3, -0.25) is 0 Å². The van der Waals surface area contributed by atoms with E-state index in [2.05, 4.69) is 28.6 Å². The molecule has 0 unspecified atom stereocenters. The van der Waals surface area contributed by atoms with Crippen LogP contribution in [0, 0.1) is 0 Å². The Bertz CT molecular complexity index is 454. The van der Waals surface area contributed by atoms with Crippen LogP contribution in [0.3, 0.4) is 0 Å². The number of nitrogens with one attached hydrogen (secondary N) is 2. The molecule has 1 saturated carbocycles. The first kappa shape index (κ1) is 14.0. The fourth-order valence-corrected chi connectivity index (χ4v) is 2.67. The number of anilines is 1. The largest absolute Gasteiger partial charge is 0.382 e. The van der Waals surface area contributed by atoms with Crippen LogP contribution in [0.5, 0.6) is 0 Å². The first-order valence-electron chi connectivity index (χ1n) is 6.59. The third-order valence-corrected chi connectivity index (χ3v) is 3.71. The van der Waals surface area contributed by atoms with Crippen LogP contribution in [-0.4, -0.2) is 11.9 Å². The molecule has 1 aromatic carbocycles. The molecule has 0 spiro atoms. The minimum atomic E-state index is 0.358. The second-order valence-corrected chi connectivity index (χ2v) is 5.35. The van der Waals surface area contributed by atoms with Gasteiger partial charge in [0, 0.05) is 22.2 Å². The van der Waals surface area contributed by atoms with E-state index in [0.717, 1.165) is 16.1 Å². The van der Waals surface area contributed by atoms with Gasteiger partial charge in [-0.25, -0.2) is 11.4 Å². The van der Waals surface area contributed by atoms with Gasteiger partial charge in [0.15, 0.2) is 5.84 Å². The average molecular weight is 279 g/mol. The third kappa shape index (κ3) is 3.78. The standard InChI is InChI=1S/C13H21N5S/c14-13(17-18-15)11-8-10(19)6-7-12(11)16-9-4-2-1-3-5-9/h6-9,16,18-19H,1-5,15H2,(H2,14,17). The summed E-state index contributed by atoms with van der Waals surface area (Å²) in [5.41, 5.74) is 9.96. The van der Waals surface area contributed by atoms with Gasteiger partial charge < -0.3 is 11.1 Å². The van der Waals surface area contributed by atoms with Crippen molar-refractivity contribution in [1.29, 1.82) is 0 Å². The van der Waals surface area contributed by atoms with E-state index in [1.165, 1.54) is 32.1 Å². The van der Waals surface area contributed by atoms with Crippen molar-refractivity contribution in [3.8, 4) is 0 Å². The maximum atomic E-state index is 5.91.